The third-order valence-corrected chi connectivity index (χ3v) is 5.75. The molecule has 1 saturated carbocycles. The molecule has 0 radical (unpaired) electrons. The van der Waals surface area contributed by atoms with E-state index in [4.69, 9.17) is 4.74 Å². The van der Waals surface area contributed by atoms with Crippen molar-refractivity contribution in [1.29, 1.82) is 0 Å². The van der Waals surface area contributed by atoms with E-state index in [2.05, 4.69) is 0 Å². The lowest BCUT2D eigenvalue weighted by Gasteiger charge is -2.33. The van der Waals surface area contributed by atoms with E-state index in [0.717, 1.165) is 30.6 Å². The van der Waals surface area contributed by atoms with Crippen molar-refractivity contribution >= 4 is 17.7 Å². The van der Waals surface area contributed by atoms with Gasteiger partial charge in [0.25, 0.3) is 0 Å². The fraction of sp³-hybridized carbons (Fsp3) is 0.611. The average Bonchev–Trinajstić information content (AvgIpc) is 2.56. The van der Waals surface area contributed by atoms with Crippen LogP contribution >= 0.6 is 11.8 Å². The zero-order valence-corrected chi connectivity index (χ0v) is 14.2. The molecule has 1 unspecified atom stereocenters. The van der Waals surface area contributed by atoms with E-state index in [-0.39, 0.29) is 17.1 Å². The van der Waals surface area contributed by atoms with Crippen molar-refractivity contribution in [2.24, 2.45) is 11.8 Å². The van der Waals surface area contributed by atoms with Crippen LogP contribution in [0.4, 0.5) is 0 Å². The SMILES string of the molecule is COC(=O)[C@H](C(O)C1CCCCC1)[C@@H](C)Sc1ccccc1. The van der Waals surface area contributed by atoms with Gasteiger partial charge in [0.15, 0.2) is 0 Å². The minimum Gasteiger partial charge on any atom is -0.469 e. The summed E-state index contributed by atoms with van der Waals surface area (Å²) in [6.45, 7) is 2.01. The first-order valence-electron chi connectivity index (χ1n) is 8.11. The van der Waals surface area contributed by atoms with Crippen LogP contribution in [-0.4, -0.2) is 29.5 Å². The minimum atomic E-state index is -0.612. The second kappa shape index (κ2) is 8.59. The van der Waals surface area contributed by atoms with Crippen molar-refractivity contribution in [3.05, 3.63) is 30.3 Å². The van der Waals surface area contributed by atoms with Crippen molar-refractivity contribution < 1.29 is 14.6 Å². The van der Waals surface area contributed by atoms with Gasteiger partial charge in [-0.25, -0.2) is 0 Å². The van der Waals surface area contributed by atoms with Crippen LogP contribution in [0.5, 0.6) is 0 Å². The molecule has 1 aliphatic carbocycles. The fourth-order valence-electron chi connectivity index (χ4n) is 3.30. The highest BCUT2D eigenvalue weighted by atomic mass is 32.2. The molecule has 3 nitrogen and oxygen atoms in total. The molecule has 0 bridgehead atoms. The largest absolute Gasteiger partial charge is 0.469 e. The van der Waals surface area contributed by atoms with Crippen LogP contribution in [0, 0.1) is 11.8 Å². The third kappa shape index (κ3) is 4.50. The number of hydrogen-bond donors (Lipinski definition) is 1. The van der Waals surface area contributed by atoms with Crippen LogP contribution in [-0.2, 0) is 9.53 Å². The van der Waals surface area contributed by atoms with Crippen LogP contribution < -0.4 is 0 Å². The molecule has 2 rings (SSSR count). The third-order valence-electron chi connectivity index (χ3n) is 4.55. The number of rotatable bonds is 6. The van der Waals surface area contributed by atoms with Crippen LogP contribution in [0.15, 0.2) is 35.2 Å². The number of esters is 1. The number of carbonyl (C=O) groups is 1. The van der Waals surface area contributed by atoms with Gasteiger partial charge in [0.05, 0.1) is 19.1 Å². The lowest BCUT2D eigenvalue weighted by Crippen LogP contribution is -2.41. The minimum absolute atomic E-state index is 0.0215. The number of thioether (sulfide) groups is 1. The first kappa shape index (κ1) is 17.4. The zero-order valence-electron chi connectivity index (χ0n) is 13.4. The first-order chi connectivity index (χ1) is 10.6. The maximum absolute atomic E-state index is 12.2. The van der Waals surface area contributed by atoms with Crippen LogP contribution in [0.25, 0.3) is 0 Å². The average molecular weight is 322 g/mol. The zero-order chi connectivity index (χ0) is 15.9. The van der Waals surface area contributed by atoms with E-state index in [0.29, 0.717) is 0 Å². The summed E-state index contributed by atoms with van der Waals surface area (Å²) in [4.78, 5) is 13.3. The standard InChI is InChI=1S/C18H26O3S/c1-13(22-15-11-7-4-8-12-15)16(18(20)21-2)17(19)14-9-5-3-6-10-14/h4,7-8,11-14,16-17,19H,3,5-6,9-10H2,1-2H3/t13-,16+,17?/m1/s1. The molecule has 0 aromatic heterocycles. The van der Waals surface area contributed by atoms with E-state index < -0.39 is 12.0 Å². The molecule has 0 saturated heterocycles. The lowest BCUT2D eigenvalue weighted by atomic mass is 9.79. The monoisotopic (exact) mass is 322 g/mol. The maximum atomic E-state index is 12.2. The normalized spacial score (nSPS) is 20.1. The van der Waals surface area contributed by atoms with E-state index in [1.165, 1.54) is 13.5 Å². The van der Waals surface area contributed by atoms with Crippen molar-refractivity contribution in [3.8, 4) is 0 Å². The van der Waals surface area contributed by atoms with Gasteiger partial charge in [-0.1, -0.05) is 44.4 Å². The number of ether oxygens (including phenoxy) is 1. The fourth-order valence-corrected chi connectivity index (χ4v) is 4.46. The Kier molecular flexibility index (Phi) is 6.77. The van der Waals surface area contributed by atoms with Crippen LogP contribution in [0.3, 0.4) is 0 Å². The molecule has 1 fully saturated rings. The Morgan fingerprint density at radius 3 is 2.45 bits per heavy atom. The summed E-state index contributed by atoms with van der Waals surface area (Å²) in [5, 5.41) is 10.7. The number of benzene rings is 1. The summed E-state index contributed by atoms with van der Waals surface area (Å²) in [6.07, 6.45) is 4.94. The lowest BCUT2D eigenvalue weighted by molar-refractivity contribution is -0.151. The second-order valence-electron chi connectivity index (χ2n) is 6.07. The highest BCUT2D eigenvalue weighted by Crippen LogP contribution is 2.36. The van der Waals surface area contributed by atoms with E-state index >= 15 is 0 Å². The Hall–Kier alpha value is -1.00. The van der Waals surface area contributed by atoms with Gasteiger partial charge in [0.2, 0.25) is 0 Å². The van der Waals surface area contributed by atoms with Crippen molar-refractivity contribution in [3.63, 3.8) is 0 Å². The van der Waals surface area contributed by atoms with Gasteiger partial charge in [0, 0.05) is 10.1 Å². The van der Waals surface area contributed by atoms with E-state index in [1.54, 1.807) is 11.8 Å². The second-order valence-corrected chi connectivity index (χ2v) is 7.52. The van der Waals surface area contributed by atoms with Gasteiger partial charge in [-0.3, -0.25) is 4.79 Å². The predicted octanol–water partition coefficient (Wildman–Crippen LogP) is 3.90. The molecular weight excluding hydrogens is 296 g/mol. The van der Waals surface area contributed by atoms with Gasteiger partial charge < -0.3 is 9.84 Å². The van der Waals surface area contributed by atoms with Crippen molar-refractivity contribution in [2.45, 2.75) is 55.3 Å². The quantitative estimate of drug-likeness (QED) is 0.637. The maximum Gasteiger partial charge on any atom is 0.312 e. The van der Waals surface area contributed by atoms with Gasteiger partial charge in [-0.05, 0) is 30.9 Å². The topological polar surface area (TPSA) is 46.5 Å². The van der Waals surface area contributed by atoms with Gasteiger partial charge >= 0.3 is 5.97 Å². The van der Waals surface area contributed by atoms with Gasteiger partial charge in [-0.2, -0.15) is 0 Å². The molecule has 0 amide bonds. The number of aliphatic hydroxyl groups is 1. The predicted molar refractivity (Wildman–Crippen MR) is 89.8 cm³/mol. The van der Waals surface area contributed by atoms with Crippen LogP contribution in [0.2, 0.25) is 0 Å². The Labute approximate surface area is 137 Å². The summed E-state index contributed by atoms with van der Waals surface area (Å²) in [7, 11) is 1.41. The molecule has 0 heterocycles. The van der Waals surface area contributed by atoms with Crippen LogP contribution in [0.1, 0.15) is 39.0 Å². The summed E-state index contributed by atoms with van der Waals surface area (Å²) in [6, 6.07) is 10.0. The summed E-state index contributed by atoms with van der Waals surface area (Å²) in [5.74, 6) is -0.552. The van der Waals surface area contributed by atoms with E-state index in [1.807, 2.05) is 37.3 Å². The number of hydrogen-bond acceptors (Lipinski definition) is 4. The molecule has 1 aromatic rings. The van der Waals surface area contributed by atoms with Crippen molar-refractivity contribution in [2.75, 3.05) is 7.11 Å². The molecule has 122 valence electrons. The Morgan fingerprint density at radius 1 is 1.23 bits per heavy atom. The number of carbonyl (C=O) groups excluding carboxylic acids is 1. The van der Waals surface area contributed by atoms with E-state index in [9.17, 15) is 9.90 Å². The molecule has 4 heteroatoms. The molecule has 0 spiro atoms. The summed E-state index contributed by atoms with van der Waals surface area (Å²) < 4.78 is 4.97. The summed E-state index contributed by atoms with van der Waals surface area (Å²) in [5.41, 5.74) is 0. The molecular formula is C18H26O3S. The van der Waals surface area contributed by atoms with Gasteiger partial charge in [0.1, 0.15) is 0 Å². The van der Waals surface area contributed by atoms with Crippen molar-refractivity contribution in [1.82, 2.24) is 0 Å². The Bertz CT molecular complexity index is 457. The number of aliphatic hydroxyl groups excluding tert-OH is 1. The Balaban J connectivity index is 2.08. The molecule has 1 N–H and O–H groups in total. The summed E-state index contributed by atoms with van der Waals surface area (Å²) >= 11 is 1.63. The molecule has 1 aromatic carbocycles. The first-order valence-corrected chi connectivity index (χ1v) is 8.99. The highest BCUT2D eigenvalue weighted by Gasteiger charge is 2.38. The molecule has 22 heavy (non-hydrogen) atoms. The Morgan fingerprint density at radius 2 is 1.86 bits per heavy atom. The molecule has 1 aliphatic rings. The number of methoxy groups -OCH3 is 1. The highest BCUT2D eigenvalue weighted by molar-refractivity contribution is 8.00. The molecule has 3 atom stereocenters. The van der Waals surface area contributed by atoms with Gasteiger partial charge in [-0.15, -0.1) is 11.8 Å². The molecule has 0 aliphatic heterocycles. The smallest absolute Gasteiger partial charge is 0.312 e.